The second kappa shape index (κ2) is 10.00. The van der Waals surface area contributed by atoms with Crippen molar-refractivity contribution in [3.8, 4) is 17.6 Å². The number of anilines is 1. The lowest BCUT2D eigenvalue weighted by atomic mass is 10.2. The zero-order chi connectivity index (χ0) is 18.2. The molecule has 0 bridgehead atoms. The molecule has 0 aliphatic heterocycles. The highest BCUT2D eigenvalue weighted by molar-refractivity contribution is 5.90. The smallest absolute Gasteiger partial charge is 0.146 e. The minimum Gasteiger partial charge on any atom is -0.494 e. The van der Waals surface area contributed by atoms with Gasteiger partial charge in [-0.3, -0.25) is 4.98 Å². The quantitative estimate of drug-likeness (QED) is 0.231. The molecule has 2 aromatic heterocycles. The number of hydrogen-bond acceptors (Lipinski definition) is 6. The molecule has 138 valence electrons. The van der Waals surface area contributed by atoms with Crippen LogP contribution in [-0.2, 0) is 0 Å². The largest absolute Gasteiger partial charge is 0.494 e. The predicted molar refractivity (Wildman–Crippen MR) is 109 cm³/mol. The van der Waals surface area contributed by atoms with Crippen molar-refractivity contribution in [1.29, 1.82) is 0 Å². The second-order valence-corrected chi connectivity index (χ2v) is 5.38. The van der Waals surface area contributed by atoms with E-state index in [2.05, 4.69) is 32.3 Å². The molecule has 0 unspecified atom stereocenters. The summed E-state index contributed by atoms with van der Waals surface area (Å²) in [5.41, 5.74) is 3.03. The van der Waals surface area contributed by atoms with Crippen LogP contribution in [0.5, 0.6) is 5.75 Å². The zero-order valence-corrected chi connectivity index (χ0v) is 15.5. The van der Waals surface area contributed by atoms with Crippen molar-refractivity contribution in [3.05, 3.63) is 60.0 Å². The molecule has 0 spiro atoms. The maximum atomic E-state index is 8.69. The molecule has 0 fully saturated rings. The van der Waals surface area contributed by atoms with Crippen LogP contribution < -0.4 is 10.1 Å². The van der Waals surface area contributed by atoms with Gasteiger partial charge in [-0.25, -0.2) is 4.98 Å². The van der Waals surface area contributed by atoms with Crippen molar-refractivity contribution in [2.24, 2.45) is 5.16 Å². The second-order valence-electron chi connectivity index (χ2n) is 5.38. The van der Waals surface area contributed by atoms with E-state index < -0.39 is 0 Å². The van der Waals surface area contributed by atoms with Crippen LogP contribution in [0.1, 0.15) is 17.8 Å². The minimum atomic E-state index is 0. The molecular weight excluding hydrogens is 364 g/mol. The van der Waals surface area contributed by atoms with Gasteiger partial charge in [-0.1, -0.05) is 29.3 Å². The van der Waals surface area contributed by atoms with Crippen LogP contribution in [0.4, 0.5) is 5.69 Å². The lowest BCUT2D eigenvalue weighted by Crippen LogP contribution is -2.01. The lowest BCUT2D eigenvalue weighted by Gasteiger charge is -2.07. The molecule has 3 aromatic rings. The molecule has 6 nitrogen and oxygen atoms in total. The van der Waals surface area contributed by atoms with Gasteiger partial charge < -0.3 is 15.3 Å². The van der Waals surface area contributed by atoms with Crippen LogP contribution in [0.2, 0.25) is 0 Å². The number of para-hydroxylation sites is 1. The Kier molecular flexibility index (Phi) is 7.41. The summed E-state index contributed by atoms with van der Waals surface area (Å²) in [6.45, 7) is 0.710. The molecule has 3 rings (SSSR count). The monoisotopic (exact) mass is 382 g/mol. The highest BCUT2D eigenvalue weighted by atomic mass is 35.5. The molecule has 0 atom stereocenters. The summed E-state index contributed by atoms with van der Waals surface area (Å²) in [6, 6.07) is 13.5. The van der Waals surface area contributed by atoms with Gasteiger partial charge in [0.15, 0.2) is 0 Å². The highest BCUT2D eigenvalue weighted by Crippen LogP contribution is 2.20. The van der Waals surface area contributed by atoms with Crippen molar-refractivity contribution in [3.63, 3.8) is 0 Å². The van der Waals surface area contributed by atoms with Gasteiger partial charge in [-0.15, -0.1) is 12.4 Å². The van der Waals surface area contributed by atoms with Crippen LogP contribution in [0.25, 0.3) is 10.9 Å². The number of pyridine rings is 2. The molecule has 7 heteroatoms. The lowest BCUT2D eigenvalue weighted by molar-refractivity contribution is 0.321. The van der Waals surface area contributed by atoms with E-state index in [-0.39, 0.29) is 12.4 Å². The molecule has 0 amide bonds. The Labute approximate surface area is 163 Å². The van der Waals surface area contributed by atoms with E-state index >= 15 is 0 Å². The van der Waals surface area contributed by atoms with Gasteiger partial charge in [0, 0.05) is 30.2 Å². The van der Waals surface area contributed by atoms with Crippen molar-refractivity contribution in [2.45, 2.75) is 6.42 Å². The number of benzene rings is 1. The summed E-state index contributed by atoms with van der Waals surface area (Å²) in [5.74, 6) is 6.62. The number of hydrogen-bond donors (Lipinski definition) is 2. The van der Waals surface area contributed by atoms with Crippen molar-refractivity contribution in [2.75, 3.05) is 19.0 Å². The van der Waals surface area contributed by atoms with Gasteiger partial charge in [0.25, 0.3) is 0 Å². The average Bonchev–Trinajstić information content (AvgIpc) is 2.68. The van der Waals surface area contributed by atoms with E-state index in [1.807, 2.05) is 30.3 Å². The summed E-state index contributed by atoms with van der Waals surface area (Å²) in [4.78, 5) is 8.64. The van der Waals surface area contributed by atoms with E-state index in [4.69, 9.17) is 9.94 Å². The summed E-state index contributed by atoms with van der Waals surface area (Å²) in [5, 5.41) is 16.2. The Morgan fingerprint density at radius 3 is 2.89 bits per heavy atom. The highest BCUT2D eigenvalue weighted by Gasteiger charge is 2.03. The van der Waals surface area contributed by atoms with E-state index in [1.54, 1.807) is 18.3 Å². The fourth-order valence-corrected chi connectivity index (χ4v) is 2.51. The normalized spacial score (nSPS) is 10.1. The third-order valence-corrected chi connectivity index (χ3v) is 3.72. The zero-order valence-electron chi connectivity index (χ0n) is 14.7. The average molecular weight is 383 g/mol. The fourth-order valence-electron chi connectivity index (χ4n) is 2.51. The Morgan fingerprint density at radius 2 is 2.07 bits per heavy atom. The first-order valence-electron chi connectivity index (χ1n) is 8.11. The fraction of sp³-hybridized carbons (Fsp3) is 0.150. The number of oxime groups is 1. The van der Waals surface area contributed by atoms with Crippen LogP contribution in [0.15, 0.2) is 53.8 Å². The van der Waals surface area contributed by atoms with Gasteiger partial charge in [-0.05, 0) is 30.2 Å². The summed E-state index contributed by atoms with van der Waals surface area (Å²) >= 11 is 0. The molecule has 0 aliphatic rings. The number of aromatic nitrogens is 2. The maximum absolute atomic E-state index is 8.69. The third-order valence-electron chi connectivity index (χ3n) is 3.72. The maximum Gasteiger partial charge on any atom is 0.146 e. The van der Waals surface area contributed by atoms with Crippen LogP contribution in [-0.4, -0.2) is 35.0 Å². The molecule has 27 heavy (non-hydrogen) atoms. The molecule has 2 heterocycles. The number of fused-ring (bicyclic) bond motifs is 1. The summed E-state index contributed by atoms with van der Waals surface area (Å²) < 4.78 is 5.15. The first-order chi connectivity index (χ1) is 12.8. The Bertz CT molecular complexity index is 991. The van der Waals surface area contributed by atoms with Gasteiger partial charge in [-0.2, -0.15) is 0 Å². The van der Waals surface area contributed by atoms with E-state index in [1.165, 1.54) is 13.3 Å². The van der Waals surface area contributed by atoms with Crippen LogP contribution >= 0.6 is 12.4 Å². The minimum absolute atomic E-state index is 0. The number of methoxy groups -OCH3 is 1. The molecule has 0 aliphatic carbocycles. The first kappa shape index (κ1) is 20.0. The number of nitrogens with zero attached hydrogens (tertiary/aromatic N) is 3. The predicted octanol–water partition coefficient (Wildman–Crippen LogP) is 3.72. The van der Waals surface area contributed by atoms with Gasteiger partial charge in [0.1, 0.15) is 17.1 Å². The van der Waals surface area contributed by atoms with Gasteiger partial charge in [0.2, 0.25) is 0 Å². The molecular formula is C20H19ClN4O2. The van der Waals surface area contributed by atoms with E-state index in [0.29, 0.717) is 30.1 Å². The topological polar surface area (TPSA) is 79.6 Å². The molecule has 0 radical (unpaired) electrons. The molecule has 0 saturated heterocycles. The number of halogens is 1. The molecule has 2 N–H and O–H groups in total. The Hall–Kier alpha value is -3.30. The Balaban J connectivity index is 0.00000261. The first-order valence-corrected chi connectivity index (χ1v) is 8.11. The molecule has 0 saturated carbocycles. The van der Waals surface area contributed by atoms with Crippen LogP contribution in [0.3, 0.4) is 0 Å². The number of ether oxygens (including phenoxy) is 1. The van der Waals surface area contributed by atoms with Crippen molar-refractivity contribution < 1.29 is 9.94 Å². The SMILES string of the molecule is COc1ccc(C#CCCNc2ccnc3ccccc23)nc1C=NO.Cl. The number of nitrogens with one attached hydrogen (secondary N) is 1. The molecule has 1 aromatic carbocycles. The van der Waals surface area contributed by atoms with E-state index in [9.17, 15) is 0 Å². The van der Waals surface area contributed by atoms with Gasteiger partial charge >= 0.3 is 0 Å². The standard InChI is InChI=1S/C20H18N4O2.ClH/c1-26-20-10-9-15(24-19(20)14-23-25)6-4-5-12-21-18-11-13-22-17-8-3-2-7-16(17)18;/h2-3,7-11,13-14,25H,5,12H2,1H3,(H,21,22);1H. The van der Waals surface area contributed by atoms with Crippen molar-refractivity contribution in [1.82, 2.24) is 9.97 Å². The summed E-state index contributed by atoms with van der Waals surface area (Å²) in [6.07, 6.45) is 3.68. The number of rotatable bonds is 5. The van der Waals surface area contributed by atoms with Gasteiger partial charge in [0.05, 0.1) is 18.8 Å². The Morgan fingerprint density at radius 1 is 1.22 bits per heavy atom. The van der Waals surface area contributed by atoms with E-state index in [0.717, 1.165) is 16.6 Å². The summed E-state index contributed by atoms with van der Waals surface area (Å²) in [7, 11) is 1.53. The third kappa shape index (κ3) is 5.09. The van der Waals surface area contributed by atoms with Crippen molar-refractivity contribution >= 4 is 35.2 Å². The van der Waals surface area contributed by atoms with Crippen LogP contribution in [0, 0.1) is 11.8 Å².